The van der Waals surface area contributed by atoms with Gasteiger partial charge in [-0.1, -0.05) is 7.43 Å². The van der Waals surface area contributed by atoms with Gasteiger partial charge in [0.1, 0.15) is 0 Å². The SMILES string of the molecule is C.O=c1cnc2c(N3CCCc4ncccc43)nn(C3CCCCO3)c2[nH]1. The first-order valence-corrected chi connectivity index (χ1v) is 9.12. The highest BCUT2D eigenvalue weighted by Gasteiger charge is 2.28. The second-order valence-electron chi connectivity index (χ2n) is 6.76. The summed E-state index contributed by atoms with van der Waals surface area (Å²) in [5, 5.41) is 4.83. The third-order valence-electron chi connectivity index (χ3n) is 5.06. The fourth-order valence-corrected chi connectivity index (χ4v) is 3.84. The number of aryl methyl sites for hydroxylation is 1. The van der Waals surface area contributed by atoms with Crippen LogP contribution in [0.4, 0.5) is 11.5 Å². The van der Waals surface area contributed by atoms with E-state index in [4.69, 9.17) is 9.84 Å². The van der Waals surface area contributed by atoms with E-state index in [0.29, 0.717) is 17.8 Å². The Balaban J connectivity index is 0.00000180. The van der Waals surface area contributed by atoms with Crippen molar-refractivity contribution in [3.05, 3.63) is 40.6 Å². The number of ether oxygens (including phenoxy) is 1. The normalized spacial score (nSPS) is 19.6. The van der Waals surface area contributed by atoms with Gasteiger partial charge in [-0.2, -0.15) is 0 Å². The van der Waals surface area contributed by atoms with Gasteiger partial charge in [0.05, 0.1) is 17.6 Å². The Morgan fingerprint density at radius 2 is 2.15 bits per heavy atom. The minimum atomic E-state index is -0.235. The smallest absolute Gasteiger partial charge is 0.268 e. The molecule has 0 bridgehead atoms. The molecule has 3 aromatic rings. The predicted molar refractivity (Wildman–Crippen MR) is 103 cm³/mol. The first-order chi connectivity index (χ1) is 12.8. The van der Waals surface area contributed by atoms with Crippen LogP contribution in [0, 0.1) is 0 Å². The molecule has 5 heterocycles. The molecule has 27 heavy (non-hydrogen) atoms. The molecule has 8 nitrogen and oxygen atoms in total. The molecule has 0 radical (unpaired) electrons. The molecular weight excluding hydrogens is 344 g/mol. The highest BCUT2D eigenvalue weighted by atomic mass is 16.5. The van der Waals surface area contributed by atoms with Gasteiger partial charge in [0.2, 0.25) is 0 Å². The average Bonchev–Trinajstić information content (AvgIpc) is 3.06. The summed E-state index contributed by atoms with van der Waals surface area (Å²) in [5.74, 6) is 0.749. The van der Waals surface area contributed by atoms with Gasteiger partial charge in [0.15, 0.2) is 23.2 Å². The first kappa shape index (κ1) is 17.7. The van der Waals surface area contributed by atoms with Crippen LogP contribution < -0.4 is 10.5 Å². The summed E-state index contributed by atoms with van der Waals surface area (Å²) in [6.07, 6.45) is 7.95. The van der Waals surface area contributed by atoms with Crippen molar-refractivity contribution >= 4 is 22.7 Å². The molecule has 1 saturated heterocycles. The molecule has 1 atom stereocenters. The van der Waals surface area contributed by atoms with Gasteiger partial charge in [-0.3, -0.25) is 9.78 Å². The lowest BCUT2D eigenvalue weighted by Crippen LogP contribution is -2.26. The molecule has 2 aliphatic rings. The van der Waals surface area contributed by atoms with Gasteiger partial charge in [-0.15, -0.1) is 5.10 Å². The number of anilines is 2. The zero-order chi connectivity index (χ0) is 17.5. The third-order valence-corrected chi connectivity index (χ3v) is 5.06. The maximum absolute atomic E-state index is 11.9. The molecule has 0 amide bonds. The van der Waals surface area contributed by atoms with Gasteiger partial charge in [-0.05, 0) is 44.2 Å². The van der Waals surface area contributed by atoms with E-state index in [-0.39, 0.29) is 19.2 Å². The van der Waals surface area contributed by atoms with Crippen molar-refractivity contribution in [3.63, 3.8) is 0 Å². The van der Waals surface area contributed by atoms with Gasteiger partial charge in [-0.25, -0.2) is 9.67 Å². The van der Waals surface area contributed by atoms with Crippen LogP contribution in [0.1, 0.15) is 45.0 Å². The van der Waals surface area contributed by atoms with Gasteiger partial charge in [0.25, 0.3) is 5.56 Å². The van der Waals surface area contributed by atoms with E-state index < -0.39 is 0 Å². The van der Waals surface area contributed by atoms with Crippen molar-refractivity contribution < 1.29 is 4.74 Å². The monoisotopic (exact) mass is 368 g/mol. The van der Waals surface area contributed by atoms with Crippen LogP contribution in [0.15, 0.2) is 29.3 Å². The Morgan fingerprint density at radius 3 is 3.00 bits per heavy atom. The number of H-pyrrole nitrogens is 1. The lowest BCUT2D eigenvalue weighted by Gasteiger charge is -2.28. The van der Waals surface area contributed by atoms with Crippen LogP contribution in [0.3, 0.4) is 0 Å². The summed E-state index contributed by atoms with van der Waals surface area (Å²) < 4.78 is 7.70. The summed E-state index contributed by atoms with van der Waals surface area (Å²) in [7, 11) is 0. The molecule has 0 saturated carbocycles. The van der Waals surface area contributed by atoms with Crippen LogP contribution >= 0.6 is 0 Å². The maximum Gasteiger partial charge on any atom is 0.268 e. The molecule has 2 aliphatic heterocycles. The zero-order valence-electron chi connectivity index (χ0n) is 14.4. The quantitative estimate of drug-likeness (QED) is 0.748. The van der Waals surface area contributed by atoms with E-state index in [1.54, 1.807) is 4.68 Å². The van der Waals surface area contributed by atoms with Gasteiger partial charge in [0, 0.05) is 19.3 Å². The molecule has 142 valence electrons. The Bertz CT molecular complexity index is 1000. The summed E-state index contributed by atoms with van der Waals surface area (Å²) in [6, 6.07) is 4.00. The number of nitrogens with zero attached hydrogens (tertiary/aromatic N) is 5. The molecule has 5 rings (SSSR count). The third kappa shape index (κ3) is 2.99. The van der Waals surface area contributed by atoms with Crippen LogP contribution in [0.25, 0.3) is 11.2 Å². The predicted octanol–water partition coefficient (Wildman–Crippen LogP) is 2.93. The lowest BCUT2D eigenvalue weighted by atomic mass is 10.1. The molecule has 0 aromatic carbocycles. The number of hydrogen-bond donors (Lipinski definition) is 1. The molecule has 8 heteroatoms. The fourth-order valence-electron chi connectivity index (χ4n) is 3.84. The van der Waals surface area contributed by atoms with Crippen molar-refractivity contribution in [3.8, 4) is 0 Å². The van der Waals surface area contributed by atoms with Crippen molar-refractivity contribution in [2.45, 2.75) is 45.8 Å². The highest BCUT2D eigenvalue weighted by molar-refractivity contribution is 5.87. The van der Waals surface area contributed by atoms with Crippen LogP contribution in [-0.4, -0.2) is 37.9 Å². The van der Waals surface area contributed by atoms with Gasteiger partial charge >= 0.3 is 0 Å². The van der Waals surface area contributed by atoms with Crippen molar-refractivity contribution in [2.75, 3.05) is 18.1 Å². The maximum atomic E-state index is 11.9. The number of rotatable bonds is 2. The Hall–Kier alpha value is -2.74. The number of nitrogens with one attached hydrogen (secondary N) is 1. The standard InChI is InChI=1S/C18H20N6O2.CH4/c25-14-11-20-16-17(21-14)24(15-7-1-2-10-26-15)22-18(16)23-9-4-5-12-13(23)6-3-8-19-12;/h3,6,8,11,15H,1-2,4-5,7,9-10H2,(H,21,25);1H4. The minimum absolute atomic E-state index is 0. The Morgan fingerprint density at radius 1 is 1.22 bits per heavy atom. The highest BCUT2D eigenvalue weighted by Crippen LogP contribution is 2.36. The summed E-state index contributed by atoms with van der Waals surface area (Å²) in [5.41, 5.74) is 3.20. The summed E-state index contributed by atoms with van der Waals surface area (Å²) in [6.45, 7) is 1.56. The molecule has 3 aromatic heterocycles. The van der Waals surface area contributed by atoms with Gasteiger partial charge < -0.3 is 14.6 Å². The first-order valence-electron chi connectivity index (χ1n) is 9.12. The molecule has 1 N–H and O–H groups in total. The topological polar surface area (TPSA) is 88.9 Å². The number of pyridine rings is 1. The molecule has 1 fully saturated rings. The second kappa shape index (κ2) is 7.11. The summed E-state index contributed by atoms with van der Waals surface area (Å²) in [4.78, 5) is 25.8. The largest absolute Gasteiger partial charge is 0.356 e. The van der Waals surface area contributed by atoms with E-state index in [1.807, 2.05) is 12.3 Å². The van der Waals surface area contributed by atoms with E-state index in [1.165, 1.54) is 6.20 Å². The van der Waals surface area contributed by atoms with Crippen molar-refractivity contribution in [1.29, 1.82) is 0 Å². The van der Waals surface area contributed by atoms with Crippen molar-refractivity contribution in [2.24, 2.45) is 0 Å². The number of fused-ring (bicyclic) bond motifs is 2. The number of aromatic amines is 1. The molecule has 0 spiro atoms. The van der Waals surface area contributed by atoms with Crippen LogP contribution in [0.2, 0.25) is 0 Å². The average molecular weight is 368 g/mol. The van der Waals surface area contributed by atoms with E-state index in [2.05, 4.69) is 25.9 Å². The van der Waals surface area contributed by atoms with Crippen LogP contribution in [-0.2, 0) is 11.2 Å². The number of hydrogen-bond acceptors (Lipinski definition) is 6. The molecule has 1 unspecified atom stereocenters. The number of aromatic nitrogens is 5. The minimum Gasteiger partial charge on any atom is -0.356 e. The van der Waals surface area contributed by atoms with E-state index >= 15 is 0 Å². The molecular formula is C19H24N6O2. The van der Waals surface area contributed by atoms with E-state index in [9.17, 15) is 4.79 Å². The Kier molecular flexibility index (Phi) is 4.65. The molecule has 0 aliphatic carbocycles. The fraction of sp³-hybridized carbons (Fsp3) is 0.474. The summed E-state index contributed by atoms with van der Waals surface area (Å²) >= 11 is 0. The lowest BCUT2D eigenvalue weighted by molar-refractivity contribution is -0.0369. The Labute approximate surface area is 157 Å². The van der Waals surface area contributed by atoms with Crippen molar-refractivity contribution in [1.82, 2.24) is 24.7 Å². The zero-order valence-corrected chi connectivity index (χ0v) is 14.4. The van der Waals surface area contributed by atoms with E-state index in [0.717, 1.165) is 55.8 Å². The van der Waals surface area contributed by atoms with Crippen LogP contribution in [0.5, 0.6) is 0 Å². The second-order valence-corrected chi connectivity index (χ2v) is 6.76.